The summed E-state index contributed by atoms with van der Waals surface area (Å²) >= 11 is 10.1. The summed E-state index contributed by atoms with van der Waals surface area (Å²) in [5.41, 5.74) is 1.93. The number of halogens is 3. The molecule has 0 spiro atoms. The maximum atomic E-state index is 9.59. The van der Waals surface area contributed by atoms with Gasteiger partial charge in [-0.2, -0.15) is 0 Å². The highest BCUT2D eigenvalue weighted by atomic mass is 79.9. The van der Waals surface area contributed by atoms with Crippen LogP contribution in [-0.2, 0) is 0 Å². The molecule has 0 saturated carbocycles. The molecule has 0 aliphatic rings. The fourth-order valence-corrected chi connectivity index (χ4v) is 2.61. The molecule has 0 heterocycles. The van der Waals surface area contributed by atoms with Crippen LogP contribution in [0.4, 0.5) is 0 Å². The van der Waals surface area contributed by atoms with Crippen molar-refractivity contribution in [2.75, 3.05) is 0 Å². The van der Waals surface area contributed by atoms with E-state index in [9.17, 15) is 5.11 Å². The Labute approximate surface area is 96.6 Å². The van der Waals surface area contributed by atoms with Gasteiger partial charge in [-0.05, 0) is 72.8 Å². The molecule has 0 atom stereocenters. The SMILES string of the molecule is Cc1c(C)c(Br)c(Br)c(Br)c1O. The van der Waals surface area contributed by atoms with Crippen molar-refractivity contribution in [1.29, 1.82) is 0 Å². The van der Waals surface area contributed by atoms with Crippen molar-refractivity contribution in [2.45, 2.75) is 13.8 Å². The van der Waals surface area contributed by atoms with Crippen LogP contribution in [0.2, 0.25) is 0 Å². The van der Waals surface area contributed by atoms with E-state index < -0.39 is 0 Å². The minimum Gasteiger partial charge on any atom is -0.506 e. The van der Waals surface area contributed by atoms with E-state index in [1.54, 1.807) is 0 Å². The monoisotopic (exact) mass is 356 g/mol. The van der Waals surface area contributed by atoms with Crippen molar-refractivity contribution in [3.8, 4) is 5.75 Å². The smallest absolute Gasteiger partial charge is 0.134 e. The summed E-state index contributed by atoms with van der Waals surface area (Å²) in [5, 5.41) is 9.59. The Balaban J connectivity index is 3.60. The second kappa shape index (κ2) is 3.68. The number of rotatable bonds is 0. The van der Waals surface area contributed by atoms with E-state index in [2.05, 4.69) is 47.8 Å². The molecule has 0 radical (unpaired) electrons. The van der Waals surface area contributed by atoms with Crippen molar-refractivity contribution in [1.82, 2.24) is 0 Å². The lowest BCUT2D eigenvalue weighted by Crippen LogP contribution is -1.87. The van der Waals surface area contributed by atoms with Crippen molar-refractivity contribution in [3.05, 3.63) is 24.5 Å². The number of hydrogen-bond donors (Lipinski definition) is 1. The standard InChI is InChI=1S/C8H7Br3O/c1-3-4(2)8(12)7(11)6(10)5(3)9/h12H,1-2H3. The van der Waals surface area contributed by atoms with Gasteiger partial charge in [-0.25, -0.2) is 0 Å². The molecule has 0 aliphatic heterocycles. The van der Waals surface area contributed by atoms with Crippen molar-refractivity contribution in [3.63, 3.8) is 0 Å². The van der Waals surface area contributed by atoms with E-state index in [4.69, 9.17) is 0 Å². The summed E-state index contributed by atoms with van der Waals surface area (Å²) in [6.45, 7) is 3.84. The topological polar surface area (TPSA) is 20.2 Å². The lowest BCUT2D eigenvalue weighted by molar-refractivity contribution is 0.466. The minimum atomic E-state index is 0.294. The van der Waals surface area contributed by atoms with E-state index in [0.29, 0.717) is 10.2 Å². The Morgan fingerprint density at radius 2 is 1.33 bits per heavy atom. The van der Waals surface area contributed by atoms with E-state index in [-0.39, 0.29) is 0 Å². The molecule has 0 fully saturated rings. The third-order valence-electron chi connectivity index (χ3n) is 1.84. The molecule has 1 aromatic carbocycles. The Morgan fingerprint density at radius 1 is 0.833 bits per heavy atom. The first-order valence-corrected chi connectivity index (χ1v) is 5.67. The first kappa shape index (κ1) is 10.5. The average molecular weight is 359 g/mol. The lowest BCUT2D eigenvalue weighted by Gasteiger charge is -2.10. The number of phenols is 1. The van der Waals surface area contributed by atoms with Gasteiger partial charge in [0.05, 0.1) is 4.47 Å². The molecule has 12 heavy (non-hydrogen) atoms. The van der Waals surface area contributed by atoms with Gasteiger partial charge in [0, 0.05) is 8.95 Å². The van der Waals surface area contributed by atoms with Crippen LogP contribution in [-0.4, -0.2) is 5.11 Å². The Bertz CT molecular complexity index is 229. The Kier molecular flexibility index (Phi) is 3.23. The first-order chi connectivity index (χ1) is 5.46. The average Bonchev–Trinajstić information content (AvgIpc) is 2.08. The van der Waals surface area contributed by atoms with Gasteiger partial charge >= 0.3 is 0 Å². The molecule has 1 aromatic rings. The summed E-state index contributed by atoms with van der Waals surface area (Å²) in [4.78, 5) is 0. The molecule has 0 bridgehead atoms. The van der Waals surface area contributed by atoms with Crippen LogP contribution in [0.3, 0.4) is 0 Å². The first-order valence-electron chi connectivity index (χ1n) is 3.29. The number of benzene rings is 1. The predicted molar refractivity (Wildman–Crippen MR) is 60.7 cm³/mol. The van der Waals surface area contributed by atoms with Gasteiger partial charge < -0.3 is 5.11 Å². The second-order valence-electron chi connectivity index (χ2n) is 2.54. The van der Waals surface area contributed by atoms with Crippen molar-refractivity contribution >= 4 is 47.8 Å². The van der Waals surface area contributed by atoms with Gasteiger partial charge in [-0.3, -0.25) is 0 Å². The molecule has 4 heteroatoms. The number of hydrogen-bond acceptors (Lipinski definition) is 1. The van der Waals surface area contributed by atoms with E-state index in [1.807, 2.05) is 13.8 Å². The molecule has 66 valence electrons. The molecular formula is C8H7Br3O. The van der Waals surface area contributed by atoms with Crippen molar-refractivity contribution < 1.29 is 5.11 Å². The van der Waals surface area contributed by atoms with Crippen LogP contribution in [0.15, 0.2) is 13.4 Å². The Hall–Kier alpha value is 0.460. The highest BCUT2D eigenvalue weighted by Crippen LogP contribution is 2.42. The normalized spacial score (nSPS) is 10.4. The van der Waals surface area contributed by atoms with Crippen molar-refractivity contribution in [2.24, 2.45) is 0 Å². The van der Waals surface area contributed by atoms with Gasteiger partial charge in [0.15, 0.2) is 0 Å². The molecular weight excluding hydrogens is 352 g/mol. The summed E-state index contributed by atoms with van der Waals surface area (Å²) < 4.78 is 2.52. The third-order valence-corrected chi connectivity index (χ3v) is 5.46. The highest BCUT2D eigenvalue weighted by molar-refractivity contribution is 9.14. The fourth-order valence-electron chi connectivity index (χ4n) is 0.872. The van der Waals surface area contributed by atoms with Crippen LogP contribution in [0.5, 0.6) is 5.75 Å². The molecule has 1 N–H and O–H groups in total. The predicted octanol–water partition coefficient (Wildman–Crippen LogP) is 4.30. The maximum absolute atomic E-state index is 9.59. The molecule has 1 rings (SSSR count). The quantitative estimate of drug-likeness (QED) is 0.686. The second-order valence-corrected chi connectivity index (χ2v) is 4.92. The summed E-state index contributed by atoms with van der Waals surface area (Å²) in [7, 11) is 0. The molecule has 1 nitrogen and oxygen atoms in total. The summed E-state index contributed by atoms with van der Waals surface area (Å²) in [6, 6.07) is 0. The zero-order valence-electron chi connectivity index (χ0n) is 6.58. The molecule has 0 aromatic heterocycles. The van der Waals surface area contributed by atoms with Crippen LogP contribution in [0.25, 0.3) is 0 Å². The van der Waals surface area contributed by atoms with Crippen LogP contribution in [0, 0.1) is 13.8 Å². The molecule has 0 saturated heterocycles. The largest absolute Gasteiger partial charge is 0.506 e. The zero-order chi connectivity index (χ0) is 9.46. The summed E-state index contributed by atoms with van der Waals surface area (Å²) in [5.74, 6) is 0.294. The highest BCUT2D eigenvalue weighted by Gasteiger charge is 2.13. The molecule has 0 amide bonds. The number of phenolic OH excluding ortho intramolecular Hbond substituents is 1. The van der Waals surface area contributed by atoms with Crippen LogP contribution >= 0.6 is 47.8 Å². The lowest BCUT2D eigenvalue weighted by atomic mass is 10.1. The van der Waals surface area contributed by atoms with Gasteiger partial charge in [0.2, 0.25) is 0 Å². The van der Waals surface area contributed by atoms with E-state index >= 15 is 0 Å². The minimum absolute atomic E-state index is 0.294. The van der Waals surface area contributed by atoms with Gasteiger partial charge in [-0.1, -0.05) is 0 Å². The van der Waals surface area contributed by atoms with Crippen LogP contribution in [0.1, 0.15) is 11.1 Å². The Morgan fingerprint density at radius 3 is 1.83 bits per heavy atom. The van der Waals surface area contributed by atoms with Gasteiger partial charge in [0.25, 0.3) is 0 Å². The van der Waals surface area contributed by atoms with E-state index in [0.717, 1.165) is 20.1 Å². The fraction of sp³-hybridized carbons (Fsp3) is 0.250. The molecule has 0 unspecified atom stereocenters. The number of aromatic hydroxyl groups is 1. The zero-order valence-corrected chi connectivity index (χ0v) is 11.3. The van der Waals surface area contributed by atoms with E-state index in [1.165, 1.54) is 0 Å². The van der Waals surface area contributed by atoms with Crippen LogP contribution < -0.4 is 0 Å². The molecule has 0 aliphatic carbocycles. The maximum Gasteiger partial charge on any atom is 0.134 e. The van der Waals surface area contributed by atoms with Gasteiger partial charge in [0.1, 0.15) is 5.75 Å². The third kappa shape index (κ3) is 1.56. The van der Waals surface area contributed by atoms with Gasteiger partial charge in [-0.15, -0.1) is 0 Å². The summed E-state index contributed by atoms with van der Waals surface area (Å²) in [6.07, 6.45) is 0.